The minimum Gasteiger partial charge on any atom is -0.474 e. The van der Waals surface area contributed by atoms with Crippen molar-refractivity contribution in [2.24, 2.45) is 0 Å². The van der Waals surface area contributed by atoms with E-state index in [1.165, 1.54) is 11.9 Å². The fourth-order valence-electron chi connectivity index (χ4n) is 2.56. The van der Waals surface area contributed by atoms with Crippen LogP contribution in [0, 0.1) is 0 Å². The molecule has 0 atom stereocenters. The van der Waals surface area contributed by atoms with Crippen LogP contribution in [0.2, 0.25) is 0 Å². The van der Waals surface area contributed by atoms with Crippen molar-refractivity contribution < 1.29 is 14.7 Å². The zero-order chi connectivity index (χ0) is 16.8. The minimum absolute atomic E-state index is 0.160. The summed E-state index contributed by atoms with van der Waals surface area (Å²) in [6.07, 6.45) is 3.69. The smallest absolute Gasteiger partial charge is 0.275 e. The maximum absolute atomic E-state index is 11.7. The number of aromatic nitrogens is 1. The maximum Gasteiger partial charge on any atom is 0.275 e. The fourth-order valence-corrected chi connectivity index (χ4v) is 3.63. The second-order valence-electron chi connectivity index (χ2n) is 5.44. The number of rotatable bonds is 5. The molecule has 0 saturated carbocycles. The number of carbonyl (C=O) groups is 1. The van der Waals surface area contributed by atoms with Crippen molar-refractivity contribution in [3.05, 3.63) is 54.2 Å². The molecule has 2 aromatic rings. The van der Waals surface area contributed by atoms with Gasteiger partial charge in [0.1, 0.15) is 6.10 Å². The van der Waals surface area contributed by atoms with E-state index < -0.39 is 5.91 Å². The van der Waals surface area contributed by atoms with E-state index in [0.29, 0.717) is 11.4 Å². The van der Waals surface area contributed by atoms with Gasteiger partial charge in [0.15, 0.2) is 0 Å². The van der Waals surface area contributed by atoms with E-state index >= 15 is 0 Å². The molecule has 7 heteroatoms. The number of carbonyl (C=O) groups excluding carboxylic acids is 1. The Labute approximate surface area is 144 Å². The van der Waals surface area contributed by atoms with Crippen LogP contribution in [0.5, 0.6) is 5.88 Å². The summed E-state index contributed by atoms with van der Waals surface area (Å²) in [6, 6.07) is 12.9. The number of hydroxylamine groups is 1. The first-order chi connectivity index (χ1) is 11.8. The van der Waals surface area contributed by atoms with Crippen LogP contribution in [-0.4, -0.2) is 39.6 Å². The molecule has 0 unspecified atom stereocenters. The van der Waals surface area contributed by atoms with Crippen LogP contribution in [0.25, 0.3) is 0 Å². The number of nitrogens with zero attached hydrogens (tertiary/aromatic N) is 2. The molecule has 1 saturated heterocycles. The molecule has 126 valence electrons. The predicted molar refractivity (Wildman–Crippen MR) is 91.0 cm³/mol. The van der Waals surface area contributed by atoms with E-state index in [2.05, 4.69) is 9.29 Å². The summed E-state index contributed by atoms with van der Waals surface area (Å²) in [7, 11) is 0. The highest BCUT2D eigenvalue weighted by molar-refractivity contribution is 7.97. The molecule has 2 heterocycles. The number of piperidine rings is 1. The van der Waals surface area contributed by atoms with Crippen LogP contribution in [0.4, 0.5) is 0 Å². The summed E-state index contributed by atoms with van der Waals surface area (Å²) < 4.78 is 8.10. The van der Waals surface area contributed by atoms with Crippen LogP contribution >= 0.6 is 11.9 Å². The SMILES string of the molecule is O=C(NO)c1ccccc1SN1CCC(Oc2ccccn2)CC1. The van der Waals surface area contributed by atoms with E-state index in [1.807, 2.05) is 30.3 Å². The molecule has 1 aliphatic rings. The number of hydrogen-bond donors (Lipinski definition) is 2. The van der Waals surface area contributed by atoms with E-state index in [9.17, 15) is 4.79 Å². The van der Waals surface area contributed by atoms with E-state index in [-0.39, 0.29) is 6.10 Å². The van der Waals surface area contributed by atoms with Crippen molar-refractivity contribution in [2.75, 3.05) is 13.1 Å². The van der Waals surface area contributed by atoms with Gasteiger partial charge >= 0.3 is 0 Å². The lowest BCUT2D eigenvalue weighted by Gasteiger charge is -2.31. The molecule has 0 bridgehead atoms. The van der Waals surface area contributed by atoms with Crippen molar-refractivity contribution in [3.8, 4) is 5.88 Å². The normalized spacial score (nSPS) is 15.9. The van der Waals surface area contributed by atoms with Gasteiger partial charge < -0.3 is 4.74 Å². The molecule has 1 aliphatic heterocycles. The third kappa shape index (κ3) is 4.25. The van der Waals surface area contributed by atoms with Gasteiger partial charge in [0.05, 0.1) is 5.56 Å². The largest absolute Gasteiger partial charge is 0.474 e. The summed E-state index contributed by atoms with van der Waals surface area (Å²) >= 11 is 1.53. The molecule has 1 aromatic heterocycles. The Balaban J connectivity index is 1.55. The lowest BCUT2D eigenvalue weighted by Crippen LogP contribution is -2.34. The number of hydrogen-bond acceptors (Lipinski definition) is 6. The monoisotopic (exact) mass is 345 g/mol. The molecule has 0 radical (unpaired) electrons. The number of amides is 1. The molecule has 24 heavy (non-hydrogen) atoms. The standard InChI is InChI=1S/C17H19N3O3S/c21-17(19-22)14-5-1-2-6-15(14)24-20-11-8-13(9-12-20)23-16-7-3-4-10-18-16/h1-7,10,13,22H,8-9,11-12H2,(H,19,21). The van der Waals surface area contributed by atoms with Gasteiger partial charge in [-0.15, -0.1) is 0 Å². The number of ether oxygens (including phenoxy) is 1. The van der Waals surface area contributed by atoms with Gasteiger partial charge in [-0.2, -0.15) is 0 Å². The van der Waals surface area contributed by atoms with E-state index in [1.54, 1.807) is 23.8 Å². The van der Waals surface area contributed by atoms with Gasteiger partial charge in [-0.25, -0.2) is 14.8 Å². The summed E-state index contributed by atoms with van der Waals surface area (Å²) in [5, 5.41) is 8.85. The van der Waals surface area contributed by atoms with Crippen LogP contribution in [0.1, 0.15) is 23.2 Å². The van der Waals surface area contributed by atoms with Crippen molar-refractivity contribution >= 4 is 17.9 Å². The molecular formula is C17H19N3O3S. The molecule has 6 nitrogen and oxygen atoms in total. The predicted octanol–water partition coefficient (Wildman–Crippen LogP) is 2.75. The molecule has 1 amide bonds. The molecular weight excluding hydrogens is 326 g/mol. The Morgan fingerprint density at radius 3 is 2.67 bits per heavy atom. The average Bonchev–Trinajstić information content (AvgIpc) is 2.64. The second-order valence-corrected chi connectivity index (χ2v) is 6.58. The average molecular weight is 345 g/mol. The van der Waals surface area contributed by atoms with Gasteiger partial charge in [-0.1, -0.05) is 18.2 Å². The van der Waals surface area contributed by atoms with Crippen LogP contribution in [-0.2, 0) is 0 Å². The quantitative estimate of drug-likeness (QED) is 0.493. The number of benzene rings is 1. The molecule has 0 spiro atoms. The third-order valence-corrected chi connectivity index (χ3v) is 4.96. The first-order valence-electron chi connectivity index (χ1n) is 7.80. The highest BCUT2D eigenvalue weighted by Crippen LogP contribution is 2.29. The first-order valence-corrected chi connectivity index (χ1v) is 8.57. The fraction of sp³-hybridized carbons (Fsp3) is 0.294. The lowest BCUT2D eigenvalue weighted by molar-refractivity contribution is 0.0703. The van der Waals surface area contributed by atoms with Gasteiger partial charge in [0.2, 0.25) is 5.88 Å². The van der Waals surface area contributed by atoms with Gasteiger partial charge in [0.25, 0.3) is 5.91 Å². The second kappa shape index (κ2) is 8.14. The first kappa shape index (κ1) is 16.8. The van der Waals surface area contributed by atoms with Gasteiger partial charge in [0, 0.05) is 30.2 Å². The Morgan fingerprint density at radius 1 is 1.21 bits per heavy atom. The van der Waals surface area contributed by atoms with E-state index in [4.69, 9.17) is 9.94 Å². The Morgan fingerprint density at radius 2 is 1.96 bits per heavy atom. The van der Waals surface area contributed by atoms with Gasteiger partial charge in [-0.05, 0) is 43.0 Å². The Kier molecular flexibility index (Phi) is 5.68. The number of nitrogens with one attached hydrogen (secondary N) is 1. The molecule has 1 fully saturated rings. The number of pyridine rings is 1. The van der Waals surface area contributed by atoms with Crippen molar-refractivity contribution in [2.45, 2.75) is 23.8 Å². The maximum atomic E-state index is 11.7. The van der Waals surface area contributed by atoms with Crippen LogP contribution in [0.3, 0.4) is 0 Å². The summed E-state index contributed by atoms with van der Waals surface area (Å²) in [5.74, 6) is 0.167. The van der Waals surface area contributed by atoms with Gasteiger partial charge in [-0.3, -0.25) is 10.0 Å². The summed E-state index contributed by atoms with van der Waals surface area (Å²) in [4.78, 5) is 16.7. The highest BCUT2D eigenvalue weighted by Gasteiger charge is 2.23. The minimum atomic E-state index is -0.494. The third-order valence-electron chi connectivity index (χ3n) is 3.79. The van der Waals surface area contributed by atoms with Crippen molar-refractivity contribution in [1.82, 2.24) is 14.8 Å². The molecule has 0 aliphatic carbocycles. The van der Waals surface area contributed by atoms with Crippen LogP contribution < -0.4 is 10.2 Å². The van der Waals surface area contributed by atoms with Crippen molar-refractivity contribution in [3.63, 3.8) is 0 Å². The Hall–Kier alpha value is -2.09. The lowest BCUT2D eigenvalue weighted by atomic mass is 10.1. The van der Waals surface area contributed by atoms with Crippen molar-refractivity contribution in [1.29, 1.82) is 0 Å². The zero-order valence-electron chi connectivity index (χ0n) is 13.1. The van der Waals surface area contributed by atoms with E-state index in [0.717, 1.165) is 30.8 Å². The summed E-state index contributed by atoms with van der Waals surface area (Å²) in [6.45, 7) is 1.72. The van der Waals surface area contributed by atoms with Crippen LogP contribution in [0.15, 0.2) is 53.6 Å². The summed E-state index contributed by atoms with van der Waals surface area (Å²) in [5.41, 5.74) is 2.16. The Bertz CT molecular complexity index is 676. The molecule has 3 rings (SSSR count). The molecule has 1 aromatic carbocycles. The zero-order valence-corrected chi connectivity index (χ0v) is 13.9. The molecule has 2 N–H and O–H groups in total. The highest BCUT2D eigenvalue weighted by atomic mass is 32.2. The topological polar surface area (TPSA) is 74.7 Å².